The summed E-state index contributed by atoms with van der Waals surface area (Å²) >= 11 is 1.51. The molecule has 0 radical (unpaired) electrons. The molecule has 0 fully saturated rings. The van der Waals surface area contributed by atoms with Gasteiger partial charge >= 0.3 is 0 Å². The minimum Gasteiger partial charge on any atom is -0.280 e. The molecule has 0 atom stereocenters. The molecule has 1 N–H and O–H groups in total. The summed E-state index contributed by atoms with van der Waals surface area (Å²) in [4.78, 5) is 18.7. The van der Waals surface area contributed by atoms with E-state index in [9.17, 15) is 18.5 Å². The summed E-state index contributed by atoms with van der Waals surface area (Å²) in [6.07, 6.45) is 3.42. The molecule has 2 aromatic carbocycles. The van der Waals surface area contributed by atoms with Gasteiger partial charge in [-0.05, 0) is 36.4 Å². The Balaban J connectivity index is 1.51. The normalized spacial score (nSPS) is 11.2. The standard InChI is InChI=1S/C20H14N4O4S2/c25-24(26)17-5-7-18(8-6-17)30(27,28)23-16-3-1-14(2-4-16)19-13-29-20(22-19)15-9-11-21-12-10-15/h1-13,23H. The van der Waals surface area contributed by atoms with Gasteiger partial charge in [-0.25, -0.2) is 13.4 Å². The van der Waals surface area contributed by atoms with Crippen LogP contribution in [0.25, 0.3) is 21.8 Å². The Kier molecular flexibility index (Phi) is 5.25. The molecule has 2 aromatic heterocycles. The average Bonchev–Trinajstić information content (AvgIpc) is 3.25. The number of pyridine rings is 1. The first-order valence-corrected chi connectivity index (χ1v) is 11.0. The summed E-state index contributed by atoms with van der Waals surface area (Å²) in [7, 11) is -3.86. The molecular weight excluding hydrogens is 424 g/mol. The summed E-state index contributed by atoms with van der Waals surface area (Å²) in [5, 5.41) is 13.5. The maximum Gasteiger partial charge on any atom is 0.269 e. The lowest BCUT2D eigenvalue weighted by atomic mass is 10.1. The van der Waals surface area contributed by atoms with E-state index in [0.29, 0.717) is 5.69 Å². The molecule has 0 bridgehead atoms. The first-order valence-electron chi connectivity index (χ1n) is 8.66. The summed E-state index contributed by atoms with van der Waals surface area (Å²) in [6.45, 7) is 0. The number of aromatic nitrogens is 2. The van der Waals surface area contributed by atoms with Crippen molar-refractivity contribution in [1.82, 2.24) is 9.97 Å². The Morgan fingerprint density at radius 3 is 2.20 bits per heavy atom. The van der Waals surface area contributed by atoms with Crippen LogP contribution in [-0.4, -0.2) is 23.3 Å². The predicted octanol–water partition coefficient (Wildman–Crippen LogP) is 4.58. The van der Waals surface area contributed by atoms with E-state index < -0.39 is 14.9 Å². The molecule has 2 heterocycles. The summed E-state index contributed by atoms with van der Waals surface area (Å²) in [5.41, 5.74) is 2.82. The maximum atomic E-state index is 12.5. The van der Waals surface area contributed by atoms with E-state index in [1.807, 2.05) is 17.5 Å². The Bertz CT molecular complexity index is 1290. The zero-order chi connectivity index (χ0) is 21.1. The summed E-state index contributed by atoms with van der Waals surface area (Å²) in [6, 6.07) is 15.3. The molecule has 0 aliphatic carbocycles. The van der Waals surface area contributed by atoms with Gasteiger partial charge in [0.1, 0.15) is 5.01 Å². The number of nitrogens with one attached hydrogen (secondary N) is 1. The molecule has 0 saturated heterocycles. The van der Waals surface area contributed by atoms with Crippen molar-refractivity contribution in [2.24, 2.45) is 0 Å². The van der Waals surface area contributed by atoms with Crippen LogP contribution >= 0.6 is 11.3 Å². The largest absolute Gasteiger partial charge is 0.280 e. The van der Waals surface area contributed by atoms with E-state index in [2.05, 4.69) is 14.7 Å². The van der Waals surface area contributed by atoms with Crippen LogP contribution in [0.1, 0.15) is 0 Å². The maximum absolute atomic E-state index is 12.5. The summed E-state index contributed by atoms with van der Waals surface area (Å²) in [5.74, 6) is 0. The lowest BCUT2D eigenvalue weighted by molar-refractivity contribution is -0.384. The SMILES string of the molecule is O=[N+]([O-])c1ccc(S(=O)(=O)Nc2ccc(-c3csc(-c4ccncc4)n3)cc2)cc1. The van der Waals surface area contributed by atoms with Crippen molar-refractivity contribution in [2.75, 3.05) is 4.72 Å². The molecule has 0 saturated carbocycles. The fourth-order valence-electron chi connectivity index (χ4n) is 2.70. The third-order valence-corrected chi connectivity index (χ3v) is 6.51. The van der Waals surface area contributed by atoms with Crippen molar-refractivity contribution >= 4 is 32.7 Å². The first-order chi connectivity index (χ1) is 14.4. The topological polar surface area (TPSA) is 115 Å². The highest BCUT2D eigenvalue weighted by molar-refractivity contribution is 7.92. The van der Waals surface area contributed by atoms with E-state index in [-0.39, 0.29) is 10.6 Å². The molecule has 0 aliphatic rings. The van der Waals surface area contributed by atoms with Gasteiger partial charge in [0.15, 0.2) is 0 Å². The molecule has 0 amide bonds. The van der Waals surface area contributed by atoms with Crippen LogP contribution in [0.4, 0.5) is 11.4 Å². The van der Waals surface area contributed by atoms with Crippen molar-refractivity contribution in [3.05, 3.63) is 88.6 Å². The molecule has 150 valence electrons. The number of thiazole rings is 1. The number of anilines is 1. The number of non-ortho nitro benzene ring substituents is 1. The van der Waals surface area contributed by atoms with Gasteiger partial charge in [-0.3, -0.25) is 19.8 Å². The van der Waals surface area contributed by atoms with Crippen LogP contribution in [0.3, 0.4) is 0 Å². The minimum absolute atomic E-state index is 0.0568. The van der Waals surface area contributed by atoms with Crippen molar-refractivity contribution in [1.29, 1.82) is 0 Å². The van der Waals surface area contributed by atoms with Crippen molar-refractivity contribution in [2.45, 2.75) is 4.90 Å². The third-order valence-electron chi connectivity index (χ3n) is 4.22. The molecular formula is C20H14N4O4S2. The highest BCUT2D eigenvalue weighted by Crippen LogP contribution is 2.29. The number of sulfonamides is 1. The van der Waals surface area contributed by atoms with Crippen LogP contribution in [0.15, 0.2) is 83.3 Å². The van der Waals surface area contributed by atoms with Crippen molar-refractivity contribution in [3.8, 4) is 21.8 Å². The average molecular weight is 438 g/mol. The molecule has 4 aromatic rings. The van der Waals surface area contributed by atoms with Crippen LogP contribution in [0.5, 0.6) is 0 Å². The molecule has 10 heteroatoms. The van der Waals surface area contributed by atoms with Gasteiger partial charge in [-0.1, -0.05) is 12.1 Å². The number of rotatable bonds is 6. The minimum atomic E-state index is -3.86. The van der Waals surface area contributed by atoms with E-state index in [1.54, 1.807) is 36.7 Å². The highest BCUT2D eigenvalue weighted by Gasteiger charge is 2.16. The van der Waals surface area contributed by atoms with Crippen LogP contribution in [0, 0.1) is 10.1 Å². The fourth-order valence-corrected chi connectivity index (χ4v) is 4.60. The van der Waals surface area contributed by atoms with Gasteiger partial charge < -0.3 is 0 Å². The lowest BCUT2D eigenvalue weighted by Crippen LogP contribution is -2.12. The van der Waals surface area contributed by atoms with E-state index >= 15 is 0 Å². The summed E-state index contributed by atoms with van der Waals surface area (Å²) < 4.78 is 27.5. The number of hydrogen-bond acceptors (Lipinski definition) is 7. The molecule has 8 nitrogen and oxygen atoms in total. The van der Waals surface area contributed by atoms with Gasteiger partial charge in [0.05, 0.1) is 15.5 Å². The number of nitro benzene ring substituents is 1. The quantitative estimate of drug-likeness (QED) is 0.348. The molecule has 30 heavy (non-hydrogen) atoms. The first kappa shape index (κ1) is 19.7. The Hall–Kier alpha value is -3.63. The molecule has 0 aliphatic heterocycles. The molecule has 0 spiro atoms. The zero-order valence-corrected chi connectivity index (χ0v) is 16.9. The molecule has 0 unspecified atom stereocenters. The van der Waals surface area contributed by atoms with Crippen LogP contribution in [0.2, 0.25) is 0 Å². The number of nitro groups is 1. The van der Waals surface area contributed by atoms with Gasteiger partial charge in [0.2, 0.25) is 0 Å². The highest BCUT2D eigenvalue weighted by atomic mass is 32.2. The zero-order valence-electron chi connectivity index (χ0n) is 15.3. The number of benzene rings is 2. The number of nitrogens with zero attached hydrogens (tertiary/aromatic N) is 3. The Morgan fingerprint density at radius 1 is 0.900 bits per heavy atom. The second-order valence-electron chi connectivity index (χ2n) is 6.21. The van der Waals surface area contributed by atoms with E-state index in [1.165, 1.54) is 23.5 Å². The second kappa shape index (κ2) is 8.01. The second-order valence-corrected chi connectivity index (χ2v) is 8.75. The van der Waals surface area contributed by atoms with Crippen LogP contribution < -0.4 is 4.72 Å². The van der Waals surface area contributed by atoms with Gasteiger partial charge in [-0.15, -0.1) is 11.3 Å². The smallest absolute Gasteiger partial charge is 0.269 e. The van der Waals surface area contributed by atoms with Crippen molar-refractivity contribution in [3.63, 3.8) is 0 Å². The fraction of sp³-hybridized carbons (Fsp3) is 0. The molecule has 4 rings (SSSR count). The van der Waals surface area contributed by atoms with Gasteiger partial charge in [0.25, 0.3) is 15.7 Å². The number of hydrogen-bond donors (Lipinski definition) is 1. The Labute approximate surface area is 176 Å². The van der Waals surface area contributed by atoms with Gasteiger partial charge in [-0.2, -0.15) is 0 Å². The van der Waals surface area contributed by atoms with Gasteiger partial charge in [0, 0.05) is 46.7 Å². The Morgan fingerprint density at radius 2 is 1.57 bits per heavy atom. The van der Waals surface area contributed by atoms with Crippen LogP contribution in [-0.2, 0) is 10.0 Å². The van der Waals surface area contributed by atoms with E-state index in [4.69, 9.17) is 0 Å². The lowest BCUT2D eigenvalue weighted by Gasteiger charge is -2.08. The van der Waals surface area contributed by atoms with E-state index in [0.717, 1.165) is 34.0 Å². The predicted molar refractivity (Wildman–Crippen MR) is 115 cm³/mol. The van der Waals surface area contributed by atoms with Crippen molar-refractivity contribution < 1.29 is 13.3 Å². The monoisotopic (exact) mass is 438 g/mol. The third kappa shape index (κ3) is 4.19.